The molecule has 0 spiro atoms. The molecule has 2 amide bonds. The van der Waals surface area contributed by atoms with Gasteiger partial charge >= 0.3 is 11.8 Å². The second-order valence-electron chi connectivity index (χ2n) is 6.42. The maximum absolute atomic E-state index is 12.4. The molecule has 2 N–H and O–H groups in total. The number of amides is 2. The van der Waals surface area contributed by atoms with Crippen LogP contribution in [-0.4, -0.2) is 17.6 Å². The van der Waals surface area contributed by atoms with Crippen molar-refractivity contribution in [2.75, 3.05) is 5.32 Å². The topological polar surface area (TPSA) is 75.3 Å². The molecule has 3 aromatic rings. The summed E-state index contributed by atoms with van der Waals surface area (Å²) in [6.45, 7) is 4.02. The van der Waals surface area contributed by atoms with E-state index in [2.05, 4.69) is 10.6 Å². The number of hydrogen-bond donors (Lipinski definition) is 2. The van der Waals surface area contributed by atoms with Gasteiger partial charge in [-0.2, -0.15) is 0 Å². The van der Waals surface area contributed by atoms with Crippen LogP contribution in [-0.2, 0) is 16.1 Å². The molecule has 142 valence electrons. The largest absolute Gasteiger partial charge is 0.343 e. The monoisotopic (exact) mass is 392 g/mol. The molecule has 1 aromatic heterocycles. The van der Waals surface area contributed by atoms with Crippen molar-refractivity contribution in [3.63, 3.8) is 0 Å². The highest BCUT2D eigenvalue weighted by Crippen LogP contribution is 2.20. The first-order chi connectivity index (χ1) is 13.4. The number of carbonyl (C=O) groups is 3. The molecule has 0 aliphatic rings. The van der Waals surface area contributed by atoms with Gasteiger partial charge in [-0.15, -0.1) is 11.3 Å². The van der Waals surface area contributed by atoms with Crippen molar-refractivity contribution >= 4 is 34.6 Å². The molecule has 0 aliphatic heterocycles. The average molecular weight is 392 g/mol. The van der Waals surface area contributed by atoms with Gasteiger partial charge in [-0.1, -0.05) is 48.0 Å². The number of ketones is 1. The second kappa shape index (κ2) is 8.63. The van der Waals surface area contributed by atoms with Crippen LogP contribution in [0.15, 0.2) is 60.7 Å². The molecule has 28 heavy (non-hydrogen) atoms. The minimum Gasteiger partial charge on any atom is -0.343 e. The fourth-order valence-corrected chi connectivity index (χ4v) is 3.62. The number of carbonyl (C=O) groups excluding carboxylic acids is 3. The molecular weight excluding hydrogens is 372 g/mol. The quantitative estimate of drug-likeness (QED) is 0.512. The SMILES string of the molecule is Cc1ccc(NC(=O)C(=O)NCc2ccc(C(=O)c3ccccc3)s2)c(C)c1. The van der Waals surface area contributed by atoms with Gasteiger partial charge in [0.05, 0.1) is 11.4 Å². The predicted octanol–water partition coefficient (Wildman–Crippen LogP) is 3.85. The standard InChI is InChI=1S/C22H20N2O3S/c1-14-8-10-18(15(2)12-14)24-22(27)21(26)23-13-17-9-11-19(28-17)20(25)16-6-4-3-5-7-16/h3-12H,13H2,1-2H3,(H,23,26)(H,24,27). The number of thiophene rings is 1. The van der Waals surface area contributed by atoms with Gasteiger partial charge in [0.2, 0.25) is 5.78 Å². The van der Waals surface area contributed by atoms with E-state index in [0.717, 1.165) is 16.0 Å². The first-order valence-corrected chi connectivity index (χ1v) is 9.60. The van der Waals surface area contributed by atoms with Crippen LogP contribution in [0.4, 0.5) is 5.69 Å². The van der Waals surface area contributed by atoms with Crippen LogP contribution >= 0.6 is 11.3 Å². The molecule has 6 heteroatoms. The Morgan fingerprint density at radius 3 is 2.36 bits per heavy atom. The van der Waals surface area contributed by atoms with Crippen molar-refractivity contribution in [1.82, 2.24) is 5.32 Å². The summed E-state index contributed by atoms with van der Waals surface area (Å²) < 4.78 is 0. The Morgan fingerprint density at radius 1 is 0.893 bits per heavy atom. The maximum atomic E-state index is 12.4. The van der Waals surface area contributed by atoms with E-state index in [9.17, 15) is 14.4 Å². The number of rotatable bonds is 5. The smallest absolute Gasteiger partial charge is 0.313 e. The molecule has 3 rings (SSSR count). The van der Waals surface area contributed by atoms with Crippen LogP contribution < -0.4 is 10.6 Å². The van der Waals surface area contributed by atoms with Crippen molar-refractivity contribution in [3.05, 3.63) is 87.1 Å². The molecule has 5 nitrogen and oxygen atoms in total. The van der Waals surface area contributed by atoms with E-state index in [4.69, 9.17) is 0 Å². The Balaban J connectivity index is 1.57. The van der Waals surface area contributed by atoms with Gasteiger partial charge in [-0.3, -0.25) is 14.4 Å². The Labute approximate surface area is 167 Å². The van der Waals surface area contributed by atoms with Crippen LogP contribution in [0.2, 0.25) is 0 Å². The summed E-state index contributed by atoms with van der Waals surface area (Å²) in [5, 5.41) is 5.21. The van der Waals surface area contributed by atoms with E-state index >= 15 is 0 Å². The molecule has 2 aromatic carbocycles. The van der Waals surface area contributed by atoms with Crippen LogP contribution in [0.1, 0.15) is 31.2 Å². The summed E-state index contributed by atoms with van der Waals surface area (Å²) in [7, 11) is 0. The number of anilines is 1. The molecule has 0 aliphatic carbocycles. The zero-order chi connectivity index (χ0) is 20.1. The zero-order valence-electron chi connectivity index (χ0n) is 15.6. The third-order valence-corrected chi connectivity index (χ3v) is 5.26. The normalized spacial score (nSPS) is 10.4. The number of hydrogen-bond acceptors (Lipinski definition) is 4. The van der Waals surface area contributed by atoms with Crippen LogP contribution in [0, 0.1) is 13.8 Å². The van der Waals surface area contributed by atoms with Gasteiger partial charge in [0.25, 0.3) is 0 Å². The van der Waals surface area contributed by atoms with Crippen LogP contribution in [0.25, 0.3) is 0 Å². The minimum atomic E-state index is -0.718. The lowest BCUT2D eigenvalue weighted by Crippen LogP contribution is -2.34. The van der Waals surface area contributed by atoms with Crippen molar-refractivity contribution in [2.24, 2.45) is 0 Å². The van der Waals surface area contributed by atoms with E-state index in [1.807, 2.05) is 44.2 Å². The summed E-state index contributed by atoms with van der Waals surface area (Å²) in [4.78, 5) is 38.0. The maximum Gasteiger partial charge on any atom is 0.313 e. The fourth-order valence-electron chi connectivity index (χ4n) is 2.71. The van der Waals surface area contributed by atoms with Gasteiger partial charge in [0, 0.05) is 16.1 Å². The van der Waals surface area contributed by atoms with Gasteiger partial charge in [0.15, 0.2) is 0 Å². The lowest BCUT2D eigenvalue weighted by molar-refractivity contribution is -0.136. The summed E-state index contributed by atoms with van der Waals surface area (Å²) >= 11 is 1.30. The van der Waals surface area contributed by atoms with Gasteiger partial charge < -0.3 is 10.6 Å². The summed E-state index contributed by atoms with van der Waals surface area (Å²) in [6, 6.07) is 18.1. The summed E-state index contributed by atoms with van der Waals surface area (Å²) in [5.74, 6) is -1.50. The second-order valence-corrected chi connectivity index (χ2v) is 7.58. The van der Waals surface area contributed by atoms with Crippen molar-refractivity contribution < 1.29 is 14.4 Å². The van der Waals surface area contributed by atoms with E-state index in [0.29, 0.717) is 16.1 Å². The van der Waals surface area contributed by atoms with Crippen molar-refractivity contribution in [1.29, 1.82) is 0 Å². The summed E-state index contributed by atoms with van der Waals surface area (Å²) in [6.07, 6.45) is 0. The van der Waals surface area contributed by atoms with Crippen molar-refractivity contribution in [3.8, 4) is 0 Å². The number of benzene rings is 2. The third-order valence-electron chi connectivity index (χ3n) is 4.18. The Bertz CT molecular complexity index is 1030. The van der Waals surface area contributed by atoms with Crippen molar-refractivity contribution in [2.45, 2.75) is 20.4 Å². The summed E-state index contributed by atoms with van der Waals surface area (Å²) in [5.41, 5.74) is 3.20. The fraction of sp³-hybridized carbons (Fsp3) is 0.136. The zero-order valence-corrected chi connectivity index (χ0v) is 16.4. The van der Waals surface area contributed by atoms with E-state index in [-0.39, 0.29) is 12.3 Å². The van der Waals surface area contributed by atoms with Crippen LogP contribution in [0.3, 0.4) is 0 Å². The lowest BCUT2D eigenvalue weighted by atomic mass is 10.1. The molecule has 0 fully saturated rings. The van der Waals surface area contributed by atoms with Gasteiger partial charge in [-0.05, 0) is 37.6 Å². The molecule has 0 saturated carbocycles. The average Bonchev–Trinajstić information content (AvgIpc) is 3.17. The Kier molecular flexibility index (Phi) is 6.01. The molecule has 0 saturated heterocycles. The van der Waals surface area contributed by atoms with Gasteiger partial charge in [-0.25, -0.2) is 0 Å². The van der Waals surface area contributed by atoms with E-state index < -0.39 is 11.8 Å². The first-order valence-electron chi connectivity index (χ1n) is 8.79. The van der Waals surface area contributed by atoms with Gasteiger partial charge in [0.1, 0.15) is 0 Å². The third kappa shape index (κ3) is 4.72. The molecule has 1 heterocycles. The molecule has 0 bridgehead atoms. The highest BCUT2D eigenvalue weighted by molar-refractivity contribution is 7.14. The molecular formula is C22H20N2O3S. The molecule has 0 radical (unpaired) electrons. The first kappa shape index (κ1) is 19.5. The minimum absolute atomic E-state index is 0.0595. The number of nitrogens with one attached hydrogen (secondary N) is 2. The number of aryl methyl sites for hydroxylation is 2. The highest BCUT2D eigenvalue weighted by Gasteiger charge is 2.16. The molecule has 0 unspecified atom stereocenters. The Hall–Kier alpha value is -3.25. The highest BCUT2D eigenvalue weighted by atomic mass is 32.1. The lowest BCUT2D eigenvalue weighted by Gasteiger charge is -2.09. The molecule has 0 atom stereocenters. The van der Waals surface area contributed by atoms with E-state index in [1.165, 1.54) is 11.3 Å². The van der Waals surface area contributed by atoms with Crippen LogP contribution in [0.5, 0.6) is 0 Å². The Morgan fingerprint density at radius 2 is 1.64 bits per heavy atom. The predicted molar refractivity (Wildman–Crippen MR) is 111 cm³/mol. The van der Waals surface area contributed by atoms with E-state index in [1.54, 1.807) is 30.3 Å².